The lowest BCUT2D eigenvalue weighted by atomic mass is 10.3. The minimum atomic E-state index is 0. The lowest BCUT2D eigenvalue weighted by Crippen LogP contribution is -2.29. The van der Waals surface area contributed by atoms with Gasteiger partial charge in [-0.05, 0) is 48.1 Å². The molecule has 3 nitrogen and oxygen atoms in total. The standard InChI is InChI=1S/C11H16BrN3.2ClH/c1-14-5-2-6-15(8-7-14)11-4-3-10(12)9-13-11;;/h3-4,9H,2,5-8H2,1H3;2*1H. The zero-order valence-corrected chi connectivity index (χ0v) is 13.0. The average Bonchev–Trinajstić information content (AvgIpc) is 2.44. The molecular formula is C11H18BrCl2N3. The van der Waals surface area contributed by atoms with E-state index in [2.05, 4.69) is 49.9 Å². The molecule has 0 unspecified atom stereocenters. The van der Waals surface area contributed by atoms with E-state index in [1.807, 2.05) is 6.20 Å². The van der Waals surface area contributed by atoms with Gasteiger partial charge in [-0.25, -0.2) is 4.98 Å². The predicted molar refractivity (Wildman–Crippen MR) is 80.8 cm³/mol. The Morgan fingerprint density at radius 1 is 1.12 bits per heavy atom. The van der Waals surface area contributed by atoms with Gasteiger partial charge in [-0.3, -0.25) is 0 Å². The van der Waals surface area contributed by atoms with Gasteiger partial charge in [0.15, 0.2) is 0 Å². The molecule has 2 rings (SSSR count). The second-order valence-electron chi connectivity index (χ2n) is 3.98. The van der Waals surface area contributed by atoms with Crippen molar-refractivity contribution in [3.05, 3.63) is 22.8 Å². The number of hydrogen-bond acceptors (Lipinski definition) is 3. The Morgan fingerprint density at radius 2 is 1.88 bits per heavy atom. The first-order chi connectivity index (χ1) is 7.25. The second-order valence-corrected chi connectivity index (χ2v) is 4.89. The highest BCUT2D eigenvalue weighted by Crippen LogP contribution is 2.16. The highest BCUT2D eigenvalue weighted by Gasteiger charge is 2.12. The molecule has 17 heavy (non-hydrogen) atoms. The summed E-state index contributed by atoms with van der Waals surface area (Å²) < 4.78 is 1.04. The van der Waals surface area contributed by atoms with Crippen LogP contribution in [0.5, 0.6) is 0 Å². The number of likely N-dealkylation sites (N-methyl/N-ethyl adjacent to an activating group) is 1. The van der Waals surface area contributed by atoms with E-state index >= 15 is 0 Å². The Balaban J connectivity index is 0.00000128. The molecular weight excluding hydrogens is 325 g/mol. The minimum absolute atomic E-state index is 0. The molecule has 0 saturated carbocycles. The van der Waals surface area contributed by atoms with Crippen molar-refractivity contribution in [3.63, 3.8) is 0 Å². The molecule has 0 N–H and O–H groups in total. The first-order valence-corrected chi connectivity index (χ1v) is 6.10. The van der Waals surface area contributed by atoms with E-state index in [0.29, 0.717) is 0 Å². The third kappa shape index (κ3) is 5.00. The number of anilines is 1. The monoisotopic (exact) mass is 341 g/mol. The molecule has 2 heterocycles. The van der Waals surface area contributed by atoms with Crippen LogP contribution in [0, 0.1) is 0 Å². The number of pyridine rings is 1. The molecule has 0 spiro atoms. The van der Waals surface area contributed by atoms with E-state index in [1.54, 1.807) is 0 Å². The number of hydrogen-bond donors (Lipinski definition) is 0. The highest BCUT2D eigenvalue weighted by molar-refractivity contribution is 9.10. The molecule has 0 atom stereocenters. The van der Waals surface area contributed by atoms with Gasteiger partial charge in [-0.1, -0.05) is 0 Å². The van der Waals surface area contributed by atoms with Crippen molar-refractivity contribution in [2.24, 2.45) is 0 Å². The van der Waals surface area contributed by atoms with Gasteiger partial charge in [0, 0.05) is 30.3 Å². The van der Waals surface area contributed by atoms with Crippen LogP contribution < -0.4 is 4.90 Å². The molecule has 1 aliphatic heterocycles. The van der Waals surface area contributed by atoms with Crippen molar-refractivity contribution >= 4 is 46.6 Å². The molecule has 0 amide bonds. The topological polar surface area (TPSA) is 19.4 Å². The fourth-order valence-electron chi connectivity index (χ4n) is 1.83. The maximum Gasteiger partial charge on any atom is 0.128 e. The largest absolute Gasteiger partial charge is 0.355 e. The normalized spacial score (nSPS) is 16.7. The van der Waals surface area contributed by atoms with Crippen molar-refractivity contribution < 1.29 is 0 Å². The van der Waals surface area contributed by atoms with Gasteiger partial charge in [0.25, 0.3) is 0 Å². The van der Waals surface area contributed by atoms with Gasteiger partial charge in [-0.2, -0.15) is 0 Å². The van der Waals surface area contributed by atoms with E-state index < -0.39 is 0 Å². The van der Waals surface area contributed by atoms with Crippen LogP contribution in [0.15, 0.2) is 22.8 Å². The van der Waals surface area contributed by atoms with Crippen molar-refractivity contribution in [1.82, 2.24) is 9.88 Å². The maximum absolute atomic E-state index is 4.43. The zero-order chi connectivity index (χ0) is 10.7. The van der Waals surface area contributed by atoms with Crippen LogP contribution in [0.4, 0.5) is 5.82 Å². The Hall–Kier alpha value is -0.0300. The summed E-state index contributed by atoms with van der Waals surface area (Å²) in [4.78, 5) is 9.16. The van der Waals surface area contributed by atoms with Gasteiger partial charge in [0.1, 0.15) is 5.82 Å². The molecule has 0 aliphatic carbocycles. The number of rotatable bonds is 1. The summed E-state index contributed by atoms with van der Waals surface area (Å²) in [6, 6.07) is 4.13. The van der Waals surface area contributed by atoms with Gasteiger partial charge in [0.05, 0.1) is 0 Å². The number of nitrogens with zero attached hydrogens (tertiary/aromatic N) is 3. The smallest absolute Gasteiger partial charge is 0.128 e. The van der Waals surface area contributed by atoms with E-state index in [-0.39, 0.29) is 24.8 Å². The van der Waals surface area contributed by atoms with Crippen LogP contribution in [0.1, 0.15) is 6.42 Å². The average molecular weight is 343 g/mol. The fourth-order valence-corrected chi connectivity index (χ4v) is 2.07. The number of aromatic nitrogens is 1. The van der Waals surface area contributed by atoms with E-state index in [1.165, 1.54) is 13.0 Å². The third-order valence-electron chi connectivity index (χ3n) is 2.76. The summed E-state index contributed by atoms with van der Waals surface area (Å²) in [6.45, 7) is 4.49. The van der Waals surface area contributed by atoms with E-state index in [4.69, 9.17) is 0 Å². The lowest BCUT2D eigenvalue weighted by Gasteiger charge is -2.21. The predicted octanol–water partition coefficient (Wildman–Crippen LogP) is 2.83. The Kier molecular flexibility index (Phi) is 8.12. The SMILES string of the molecule is CN1CCCN(c2ccc(Br)cn2)CC1.Cl.Cl. The van der Waals surface area contributed by atoms with Gasteiger partial charge < -0.3 is 9.80 Å². The van der Waals surface area contributed by atoms with Crippen molar-refractivity contribution in [2.45, 2.75) is 6.42 Å². The van der Waals surface area contributed by atoms with Crippen LogP contribution in [0.2, 0.25) is 0 Å². The fraction of sp³-hybridized carbons (Fsp3) is 0.545. The van der Waals surface area contributed by atoms with Crippen LogP contribution in [0.25, 0.3) is 0 Å². The molecule has 1 aromatic rings. The van der Waals surface area contributed by atoms with Gasteiger partial charge in [-0.15, -0.1) is 24.8 Å². The van der Waals surface area contributed by atoms with Gasteiger partial charge >= 0.3 is 0 Å². The molecule has 98 valence electrons. The summed E-state index contributed by atoms with van der Waals surface area (Å²) in [5, 5.41) is 0. The number of halogens is 3. The molecule has 1 saturated heterocycles. The van der Waals surface area contributed by atoms with Crippen LogP contribution in [-0.4, -0.2) is 43.1 Å². The summed E-state index contributed by atoms with van der Waals surface area (Å²) in [5.74, 6) is 1.09. The highest BCUT2D eigenvalue weighted by atomic mass is 79.9. The Bertz CT molecular complexity index is 321. The Labute approximate surface area is 124 Å². The summed E-state index contributed by atoms with van der Waals surface area (Å²) in [7, 11) is 2.18. The van der Waals surface area contributed by atoms with Crippen molar-refractivity contribution in [2.75, 3.05) is 38.1 Å². The van der Waals surface area contributed by atoms with Gasteiger partial charge in [0.2, 0.25) is 0 Å². The summed E-state index contributed by atoms with van der Waals surface area (Å²) in [6.07, 6.45) is 3.08. The second kappa shape index (κ2) is 8.14. The van der Waals surface area contributed by atoms with Crippen LogP contribution in [0.3, 0.4) is 0 Å². The van der Waals surface area contributed by atoms with E-state index in [9.17, 15) is 0 Å². The summed E-state index contributed by atoms with van der Waals surface area (Å²) in [5.41, 5.74) is 0. The molecule has 1 fully saturated rings. The van der Waals surface area contributed by atoms with Crippen LogP contribution >= 0.6 is 40.7 Å². The quantitative estimate of drug-likeness (QED) is 0.782. The van der Waals surface area contributed by atoms with Crippen LogP contribution in [-0.2, 0) is 0 Å². The molecule has 0 aromatic carbocycles. The Morgan fingerprint density at radius 3 is 2.53 bits per heavy atom. The first kappa shape index (κ1) is 17.0. The molecule has 1 aromatic heterocycles. The van der Waals surface area contributed by atoms with Crippen molar-refractivity contribution in [3.8, 4) is 0 Å². The zero-order valence-electron chi connectivity index (χ0n) is 9.80. The maximum atomic E-state index is 4.43. The minimum Gasteiger partial charge on any atom is -0.355 e. The lowest BCUT2D eigenvalue weighted by molar-refractivity contribution is 0.360. The molecule has 6 heteroatoms. The molecule has 0 radical (unpaired) electrons. The van der Waals surface area contributed by atoms with E-state index in [0.717, 1.165) is 29.9 Å². The van der Waals surface area contributed by atoms with Crippen molar-refractivity contribution in [1.29, 1.82) is 0 Å². The first-order valence-electron chi connectivity index (χ1n) is 5.31. The molecule has 0 bridgehead atoms. The third-order valence-corrected chi connectivity index (χ3v) is 3.22. The molecule has 1 aliphatic rings. The summed E-state index contributed by atoms with van der Waals surface area (Å²) >= 11 is 3.41.